The average molecular weight is 543 g/mol. The fraction of sp³-hybridized carbons (Fsp3) is 0.643. The molecule has 1 aromatic carbocycles. The number of amides is 4. The lowest BCUT2D eigenvalue weighted by Crippen LogP contribution is -2.59. The molecular formula is C28H38N4O7. The molecule has 1 aliphatic carbocycles. The van der Waals surface area contributed by atoms with Crippen molar-refractivity contribution in [1.29, 1.82) is 0 Å². The predicted molar refractivity (Wildman–Crippen MR) is 140 cm³/mol. The van der Waals surface area contributed by atoms with Crippen LogP contribution >= 0.6 is 0 Å². The molecule has 39 heavy (non-hydrogen) atoms. The molecule has 4 aliphatic rings. The first-order valence-corrected chi connectivity index (χ1v) is 14.0. The number of ether oxygens (including phenoxy) is 2. The van der Waals surface area contributed by atoms with Crippen LogP contribution in [0.4, 0.5) is 4.79 Å². The van der Waals surface area contributed by atoms with E-state index in [9.17, 15) is 24.3 Å². The summed E-state index contributed by atoms with van der Waals surface area (Å²) in [6.07, 6.45) is 3.59. The standard InChI is InChI=1S/C28H38N4O7/c1-3-20(31(2)27(36)37)24(33)30-19-11-15-39-22-16-28(12-6-7-13-28)23(32(22)26(19)35)25(34)29-18-10-14-38-21-9-5-4-8-17(18)21/h4-5,8-9,18-20,22-23H,3,6-7,10-16H2,1-2H3,(H,29,34)(H,30,33)(H,36,37)/t18?,19-,20-,22-,23+/m0/s1. The molecule has 0 aromatic heterocycles. The van der Waals surface area contributed by atoms with Gasteiger partial charge in [-0.15, -0.1) is 0 Å². The number of carboxylic acid groups (broad SMARTS) is 1. The van der Waals surface area contributed by atoms with E-state index in [0.717, 1.165) is 41.9 Å². The van der Waals surface area contributed by atoms with E-state index in [1.54, 1.807) is 11.8 Å². The summed E-state index contributed by atoms with van der Waals surface area (Å²) in [5, 5.41) is 15.4. The molecule has 212 valence electrons. The number of hydrogen-bond acceptors (Lipinski definition) is 6. The fourth-order valence-corrected chi connectivity index (χ4v) is 6.93. The third-order valence-electron chi connectivity index (χ3n) is 8.92. The van der Waals surface area contributed by atoms with Gasteiger partial charge in [-0.1, -0.05) is 38.0 Å². The van der Waals surface area contributed by atoms with Crippen LogP contribution in [0.2, 0.25) is 0 Å². The quantitative estimate of drug-likeness (QED) is 0.502. The molecule has 11 nitrogen and oxygen atoms in total. The van der Waals surface area contributed by atoms with Gasteiger partial charge in [0.15, 0.2) is 0 Å². The van der Waals surface area contributed by atoms with Gasteiger partial charge in [-0.2, -0.15) is 0 Å². The van der Waals surface area contributed by atoms with E-state index < -0.39 is 36.4 Å². The third kappa shape index (κ3) is 5.04. The minimum atomic E-state index is -1.22. The molecule has 1 saturated carbocycles. The Kier molecular flexibility index (Phi) is 7.70. The zero-order valence-electron chi connectivity index (χ0n) is 22.6. The van der Waals surface area contributed by atoms with Crippen molar-refractivity contribution >= 4 is 23.8 Å². The SMILES string of the molecule is CC[C@@H](C(=O)N[C@H]1CCO[C@H]2CC3(CCCC3)[C@@H](C(=O)NC3CCOc4ccccc43)N2C1=O)N(C)C(=O)O. The zero-order chi connectivity index (χ0) is 27.7. The van der Waals surface area contributed by atoms with Crippen molar-refractivity contribution in [2.75, 3.05) is 20.3 Å². The van der Waals surface area contributed by atoms with Gasteiger partial charge in [0.05, 0.1) is 19.3 Å². The van der Waals surface area contributed by atoms with Crippen LogP contribution in [-0.2, 0) is 19.1 Å². The van der Waals surface area contributed by atoms with Crippen LogP contribution in [0.1, 0.15) is 69.9 Å². The topological polar surface area (TPSA) is 138 Å². The summed E-state index contributed by atoms with van der Waals surface area (Å²) in [5.41, 5.74) is 0.542. The van der Waals surface area contributed by atoms with Crippen molar-refractivity contribution in [3.8, 4) is 5.75 Å². The van der Waals surface area contributed by atoms with Crippen LogP contribution in [0.25, 0.3) is 0 Å². The van der Waals surface area contributed by atoms with Gasteiger partial charge in [0, 0.05) is 37.3 Å². The van der Waals surface area contributed by atoms with Crippen molar-refractivity contribution in [1.82, 2.24) is 20.4 Å². The zero-order valence-corrected chi connectivity index (χ0v) is 22.6. The number of carbonyl (C=O) groups is 4. The molecule has 5 rings (SSSR count). The molecule has 2 saturated heterocycles. The van der Waals surface area contributed by atoms with Gasteiger partial charge in [-0.05, 0) is 25.3 Å². The molecule has 1 unspecified atom stereocenters. The lowest BCUT2D eigenvalue weighted by Gasteiger charge is -2.37. The van der Waals surface area contributed by atoms with E-state index in [4.69, 9.17) is 9.47 Å². The van der Waals surface area contributed by atoms with E-state index in [-0.39, 0.29) is 42.7 Å². The largest absolute Gasteiger partial charge is 0.493 e. The highest BCUT2D eigenvalue weighted by atomic mass is 16.5. The van der Waals surface area contributed by atoms with Gasteiger partial charge in [-0.25, -0.2) is 4.79 Å². The molecule has 1 spiro atoms. The van der Waals surface area contributed by atoms with Gasteiger partial charge in [0.2, 0.25) is 17.7 Å². The van der Waals surface area contributed by atoms with Gasteiger partial charge in [0.25, 0.3) is 0 Å². The number of likely N-dealkylation sites (N-methyl/N-ethyl adjacent to an activating group) is 1. The van der Waals surface area contributed by atoms with Crippen molar-refractivity contribution in [2.45, 2.75) is 88.7 Å². The van der Waals surface area contributed by atoms with Crippen LogP contribution in [0.15, 0.2) is 24.3 Å². The Labute approximate surface area is 228 Å². The summed E-state index contributed by atoms with van der Waals surface area (Å²) < 4.78 is 11.9. The predicted octanol–water partition coefficient (Wildman–Crippen LogP) is 2.41. The second-order valence-corrected chi connectivity index (χ2v) is 11.2. The summed E-state index contributed by atoms with van der Waals surface area (Å²) in [4.78, 5) is 55.2. The van der Waals surface area contributed by atoms with Gasteiger partial charge in [0.1, 0.15) is 30.1 Å². The van der Waals surface area contributed by atoms with Crippen LogP contribution in [0, 0.1) is 5.41 Å². The third-order valence-corrected chi connectivity index (χ3v) is 8.92. The second kappa shape index (κ2) is 11.0. The minimum Gasteiger partial charge on any atom is -0.493 e. The van der Waals surface area contributed by atoms with E-state index in [0.29, 0.717) is 19.4 Å². The normalized spacial score (nSPS) is 28.1. The number of rotatable bonds is 6. The number of carbonyl (C=O) groups excluding carboxylic acids is 3. The number of hydrogen-bond donors (Lipinski definition) is 3. The highest BCUT2D eigenvalue weighted by molar-refractivity contribution is 5.95. The maximum absolute atomic E-state index is 14.1. The number of fused-ring (bicyclic) bond motifs is 2. The van der Waals surface area contributed by atoms with Gasteiger partial charge < -0.3 is 30.1 Å². The Balaban J connectivity index is 1.39. The highest BCUT2D eigenvalue weighted by Crippen LogP contribution is 2.53. The van der Waals surface area contributed by atoms with Crippen LogP contribution in [-0.4, -0.2) is 83.3 Å². The molecule has 3 heterocycles. The van der Waals surface area contributed by atoms with Crippen LogP contribution in [0.5, 0.6) is 5.75 Å². The molecule has 5 atom stereocenters. The van der Waals surface area contributed by atoms with Crippen molar-refractivity contribution in [3.63, 3.8) is 0 Å². The van der Waals surface area contributed by atoms with E-state index in [1.165, 1.54) is 7.05 Å². The van der Waals surface area contributed by atoms with Crippen molar-refractivity contribution in [3.05, 3.63) is 29.8 Å². The Morgan fingerprint density at radius 3 is 2.56 bits per heavy atom. The molecule has 11 heteroatoms. The molecule has 3 fully saturated rings. The molecule has 0 bridgehead atoms. The van der Waals surface area contributed by atoms with Gasteiger partial charge in [-0.3, -0.25) is 19.3 Å². The number of benzene rings is 1. The van der Waals surface area contributed by atoms with E-state index in [1.807, 2.05) is 24.3 Å². The van der Waals surface area contributed by atoms with E-state index in [2.05, 4.69) is 10.6 Å². The highest BCUT2D eigenvalue weighted by Gasteiger charge is 2.59. The molecular weight excluding hydrogens is 504 g/mol. The maximum Gasteiger partial charge on any atom is 0.407 e. The summed E-state index contributed by atoms with van der Waals surface area (Å²) in [6.45, 7) is 2.46. The number of nitrogens with zero attached hydrogens (tertiary/aromatic N) is 2. The Morgan fingerprint density at radius 1 is 1.13 bits per heavy atom. The lowest BCUT2D eigenvalue weighted by molar-refractivity contribution is -0.150. The first-order valence-electron chi connectivity index (χ1n) is 14.0. The van der Waals surface area contributed by atoms with Crippen molar-refractivity contribution in [2.24, 2.45) is 5.41 Å². The first-order chi connectivity index (χ1) is 18.8. The monoisotopic (exact) mass is 542 g/mol. The lowest BCUT2D eigenvalue weighted by atomic mass is 9.77. The fourth-order valence-electron chi connectivity index (χ4n) is 6.93. The summed E-state index contributed by atoms with van der Waals surface area (Å²) >= 11 is 0. The Bertz CT molecular complexity index is 1120. The Hall–Kier alpha value is -3.34. The molecule has 0 radical (unpaired) electrons. The summed E-state index contributed by atoms with van der Waals surface area (Å²) in [7, 11) is 1.34. The Morgan fingerprint density at radius 2 is 1.85 bits per heavy atom. The number of nitrogens with one attached hydrogen (secondary N) is 2. The van der Waals surface area contributed by atoms with Gasteiger partial charge >= 0.3 is 6.09 Å². The summed E-state index contributed by atoms with van der Waals surface area (Å²) in [6, 6.07) is 4.88. The van der Waals surface area contributed by atoms with Crippen molar-refractivity contribution < 1.29 is 33.8 Å². The van der Waals surface area contributed by atoms with E-state index >= 15 is 0 Å². The second-order valence-electron chi connectivity index (χ2n) is 11.2. The van der Waals surface area contributed by atoms with Crippen LogP contribution < -0.4 is 15.4 Å². The smallest absolute Gasteiger partial charge is 0.407 e. The number of para-hydroxylation sites is 1. The molecule has 1 aromatic rings. The summed E-state index contributed by atoms with van der Waals surface area (Å²) in [5.74, 6) is -0.339. The minimum absolute atomic E-state index is 0.206. The average Bonchev–Trinajstić information content (AvgIpc) is 3.48. The first kappa shape index (κ1) is 27.2. The maximum atomic E-state index is 14.1. The molecule has 4 amide bonds. The molecule has 3 aliphatic heterocycles. The van der Waals surface area contributed by atoms with Crippen LogP contribution in [0.3, 0.4) is 0 Å². The molecule has 3 N–H and O–H groups in total.